The topological polar surface area (TPSA) is 32.3 Å². The van der Waals surface area contributed by atoms with E-state index in [-0.39, 0.29) is 0 Å². The lowest BCUT2D eigenvalue weighted by Gasteiger charge is -2.29. The minimum absolute atomic E-state index is 0.307. The molecule has 2 N–H and O–H groups in total. The second-order valence-electron chi connectivity index (χ2n) is 5.38. The van der Waals surface area contributed by atoms with Gasteiger partial charge >= 0.3 is 0 Å². The highest BCUT2D eigenvalue weighted by Gasteiger charge is 2.21. The maximum atomic E-state index is 8.83. The smallest absolute Gasteiger partial charge is 0.0434 e. The van der Waals surface area contributed by atoms with Gasteiger partial charge in [0.05, 0.1) is 0 Å². The SMILES string of the molecule is CC1=CCC[C@@H](C)[C@@H]1CNC[C@@H](C)CCO. The normalized spacial score (nSPS) is 27.6. The number of aliphatic hydroxyl groups is 1. The maximum absolute atomic E-state index is 8.83. The number of aliphatic hydroxyl groups excluding tert-OH is 1. The fourth-order valence-corrected chi connectivity index (χ4v) is 2.55. The van der Waals surface area contributed by atoms with Crippen LogP contribution in [-0.4, -0.2) is 24.8 Å². The summed E-state index contributed by atoms with van der Waals surface area (Å²) in [5.41, 5.74) is 1.56. The molecule has 0 aromatic heterocycles. The average Bonchev–Trinajstić information content (AvgIpc) is 2.23. The third-order valence-electron chi connectivity index (χ3n) is 3.84. The van der Waals surface area contributed by atoms with E-state index in [1.165, 1.54) is 12.8 Å². The molecule has 0 fully saturated rings. The highest BCUT2D eigenvalue weighted by Crippen LogP contribution is 2.29. The van der Waals surface area contributed by atoms with E-state index in [0.717, 1.165) is 31.3 Å². The van der Waals surface area contributed by atoms with Crippen molar-refractivity contribution in [3.8, 4) is 0 Å². The third kappa shape index (κ3) is 4.26. The molecule has 0 amide bonds. The standard InChI is InChI=1S/C14H27NO/c1-11(7-8-16)9-15-10-14-12(2)5-4-6-13(14)3/h5,11,13-16H,4,6-10H2,1-3H3/t11-,13+,14+/m0/s1. The Morgan fingerprint density at radius 3 is 2.94 bits per heavy atom. The molecule has 0 aromatic carbocycles. The Kier molecular flexibility index (Phi) is 6.07. The molecule has 0 bridgehead atoms. The van der Waals surface area contributed by atoms with Gasteiger partial charge in [-0.1, -0.05) is 25.5 Å². The summed E-state index contributed by atoms with van der Waals surface area (Å²) in [5, 5.41) is 12.4. The summed E-state index contributed by atoms with van der Waals surface area (Å²) in [4.78, 5) is 0. The van der Waals surface area contributed by atoms with E-state index in [2.05, 4.69) is 32.2 Å². The zero-order valence-corrected chi connectivity index (χ0v) is 11.0. The van der Waals surface area contributed by atoms with Crippen LogP contribution in [0.3, 0.4) is 0 Å². The summed E-state index contributed by atoms with van der Waals surface area (Å²) in [6.07, 6.45) is 5.88. The number of nitrogens with one attached hydrogen (secondary N) is 1. The Bertz CT molecular complexity index is 225. The van der Waals surface area contributed by atoms with Gasteiger partial charge in [0.2, 0.25) is 0 Å². The van der Waals surface area contributed by atoms with E-state index < -0.39 is 0 Å². The Labute approximate surface area is 100 Å². The maximum Gasteiger partial charge on any atom is 0.0434 e. The zero-order chi connectivity index (χ0) is 12.0. The van der Waals surface area contributed by atoms with Crippen LogP contribution in [0.4, 0.5) is 0 Å². The van der Waals surface area contributed by atoms with Crippen molar-refractivity contribution < 1.29 is 5.11 Å². The highest BCUT2D eigenvalue weighted by atomic mass is 16.3. The van der Waals surface area contributed by atoms with Gasteiger partial charge < -0.3 is 10.4 Å². The molecule has 0 aliphatic heterocycles. The second-order valence-corrected chi connectivity index (χ2v) is 5.38. The minimum Gasteiger partial charge on any atom is -0.396 e. The van der Waals surface area contributed by atoms with Gasteiger partial charge in [-0.2, -0.15) is 0 Å². The minimum atomic E-state index is 0.307. The monoisotopic (exact) mass is 225 g/mol. The molecule has 94 valence electrons. The first-order chi connectivity index (χ1) is 7.65. The Morgan fingerprint density at radius 1 is 1.56 bits per heavy atom. The van der Waals surface area contributed by atoms with Crippen molar-refractivity contribution in [1.29, 1.82) is 0 Å². The van der Waals surface area contributed by atoms with Crippen molar-refractivity contribution in [2.45, 2.75) is 40.0 Å². The molecule has 2 heteroatoms. The zero-order valence-electron chi connectivity index (χ0n) is 11.0. The fourth-order valence-electron chi connectivity index (χ4n) is 2.55. The van der Waals surface area contributed by atoms with E-state index >= 15 is 0 Å². The molecule has 0 saturated heterocycles. The van der Waals surface area contributed by atoms with E-state index in [0.29, 0.717) is 12.5 Å². The number of hydrogen-bond acceptors (Lipinski definition) is 2. The van der Waals surface area contributed by atoms with Gasteiger partial charge in [0, 0.05) is 13.2 Å². The summed E-state index contributed by atoms with van der Waals surface area (Å²) in [6.45, 7) is 9.24. The first kappa shape index (κ1) is 13.7. The van der Waals surface area contributed by atoms with Crippen molar-refractivity contribution in [1.82, 2.24) is 5.32 Å². The fraction of sp³-hybridized carbons (Fsp3) is 0.857. The molecule has 0 unspecified atom stereocenters. The van der Waals surface area contributed by atoms with Crippen molar-refractivity contribution in [2.24, 2.45) is 17.8 Å². The van der Waals surface area contributed by atoms with E-state index in [1.54, 1.807) is 5.57 Å². The summed E-state index contributed by atoms with van der Waals surface area (Å²) in [6, 6.07) is 0. The molecular weight excluding hydrogens is 198 g/mol. The average molecular weight is 225 g/mol. The van der Waals surface area contributed by atoms with Gasteiger partial charge in [-0.3, -0.25) is 0 Å². The first-order valence-corrected chi connectivity index (χ1v) is 6.63. The molecule has 0 aromatic rings. The third-order valence-corrected chi connectivity index (χ3v) is 3.84. The highest BCUT2D eigenvalue weighted by molar-refractivity contribution is 5.09. The molecule has 0 spiro atoms. The van der Waals surface area contributed by atoms with Crippen LogP contribution < -0.4 is 5.32 Å². The van der Waals surface area contributed by atoms with Crippen LogP contribution >= 0.6 is 0 Å². The Hall–Kier alpha value is -0.340. The lowest BCUT2D eigenvalue weighted by atomic mass is 9.80. The van der Waals surface area contributed by atoms with Crippen LogP contribution in [0, 0.1) is 17.8 Å². The van der Waals surface area contributed by atoms with Crippen molar-refractivity contribution in [2.75, 3.05) is 19.7 Å². The first-order valence-electron chi connectivity index (χ1n) is 6.63. The van der Waals surface area contributed by atoms with Crippen molar-refractivity contribution in [3.05, 3.63) is 11.6 Å². The lowest BCUT2D eigenvalue weighted by molar-refractivity contribution is 0.257. The second kappa shape index (κ2) is 7.08. The molecule has 0 heterocycles. The molecule has 1 aliphatic carbocycles. The van der Waals surface area contributed by atoms with Gasteiger partial charge in [0.15, 0.2) is 0 Å². The summed E-state index contributed by atoms with van der Waals surface area (Å²) < 4.78 is 0. The van der Waals surface area contributed by atoms with Crippen LogP contribution in [0.15, 0.2) is 11.6 Å². The van der Waals surface area contributed by atoms with Crippen LogP contribution in [0.5, 0.6) is 0 Å². The van der Waals surface area contributed by atoms with Crippen molar-refractivity contribution >= 4 is 0 Å². The number of allylic oxidation sites excluding steroid dienone is 1. The van der Waals surface area contributed by atoms with Crippen LogP contribution in [0.25, 0.3) is 0 Å². The molecular formula is C14H27NO. The molecule has 1 rings (SSSR count). The van der Waals surface area contributed by atoms with Gasteiger partial charge in [-0.05, 0) is 50.5 Å². The van der Waals surface area contributed by atoms with Gasteiger partial charge in [-0.15, -0.1) is 0 Å². The largest absolute Gasteiger partial charge is 0.396 e. The summed E-state index contributed by atoms with van der Waals surface area (Å²) in [5.74, 6) is 2.11. The van der Waals surface area contributed by atoms with E-state index in [9.17, 15) is 0 Å². The van der Waals surface area contributed by atoms with E-state index in [4.69, 9.17) is 5.11 Å². The summed E-state index contributed by atoms with van der Waals surface area (Å²) >= 11 is 0. The van der Waals surface area contributed by atoms with Gasteiger partial charge in [-0.25, -0.2) is 0 Å². The molecule has 2 nitrogen and oxygen atoms in total. The molecule has 16 heavy (non-hydrogen) atoms. The molecule has 1 aliphatic rings. The Morgan fingerprint density at radius 2 is 2.31 bits per heavy atom. The predicted octanol–water partition coefficient (Wildman–Crippen LogP) is 2.59. The number of hydrogen-bond donors (Lipinski definition) is 2. The molecule has 0 radical (unpaired) electrons. The number of rotatable bonds is 6. The quantitative estimate of drug-likeness (QED) is 0.681. The lowest BCUT2D eigenvalue weighted by Crippen LogP contribution is -2.32. The van der Waals surface area contributed by atoms with Crippen LogP contribution in [0.1, 0.15) is 40.0 Å². The van der Waals surface area contributed by atoms with Gasteiger partial charge in [0.25, 0.3) is 0 Å². The van der Waals surface area contributed by atoms with Crippen molar-refractivity contribution in [3.63, 3.8) is 0 Å². The van der Waals surface area contributed by atoms with Gasteiger partial charge in [0.1, 0.15) is 0 Å². The van der Waals surface area contributed by atoms with Crippen LogP contribution in [0.2, 0.25) is 0 Å². The predicted molar refractivity (Wildman–Crippen MR) is 69.4 cm³/mol. The molecule has 3 atom stereocenters. The Balaban J connectivity index is 2.25. The summed E-state index contributed by atoms with van der Waals surface area (Å²) in [7, 11) is 0. The van der Waals surface area contributed by atoms with Crippen LogP contribution in [-0.2, 0) is 0 Å². The molecule has 0 saturated carbocycles. The van der Waals surface area contributed by atoms with E-state index in [1.807, 2.05) is 0 Å².